The average Bonchev–Trinajstić information content (AvgIpc) is 2.97. The Morgan fingerprint density at radius 3 is 2.80 bits per heavy atom. The van der Waals surface area contributed by atoms with Crippen molar-refractivity contribution in [3.8, 4) is 5.69 Å². The van der Waals surface area contributed by atoms with Gasteiger partial charge in [-0.3, -0.25) is 4.79 Å². The molecule has 0 bridgehead atoms. The van der Waals surface area contributed by atoms with Crippen LogP contribution in [0.2, 0.25) is 0 Å². The van der Waals surface area contributed by atoms with E-state index in [0.29, 0.717) is 6.42 Å². The molecule has 2 N–H and O–H groups in total. The van der Waals surface area contributed by atoms with Crippen LogP contribution in [0, 0.1) is 0 Å². The molecular formula is C14H18N4O2. The van der Waals surface area contributed by atoms with E-state index >= 15 is 0 Å². The van der Waals surface area contributed by atoms with Crippen LogP contribution in [0.25, 0.3) is 5.69 Å². The lowest BCUT2D eigenvalue weighted by Crippen LogP contribution is -2.35. The van der Waals surface area contributed by atoms with Gasteiger partial charge in [0.15, 0.2) is 0 Å². The minimum atomic E-state index is -0.319. The van der Waals surface area contributed by atoms with Crippen molar-refractivity contribution < 1.29 is 9.90 Å². The molecule has 6 nitrogen and oxygen atoms in total. The van der Waals surface area contributed by atoms with Crippen LogP contribution in [-0.4, -0.2) is 38.4 Å². The minimum Gasteiger partial charge on any atom is -0.396 e. The fourth-order valence-corrected chi connectivity index (χ4v) is 1.86. The molecule has 0 radical (unpaired) electrons. The van der Waals surface area contributed by atoms with Gasteiger partial charge in [0.25, 0.3) is 5.91 Å². The van der Waals surface area contributed by atoms with E-state index in [1.807, 2.05) is 37.3 Å². The van der Waals surface area contributed by atoms with Gasteiger partial charge in [0.05, 0.1) is 5.69 Å². The summed E-state index contributed by atoms with van der Waals surface area (Å²) in [5.74, 6) is -0.190. The lowest BCUT2D eigenvalue weighted by Gasteiger charge is -2.13. The Morgan fingerprint density at radius 2 is 2.15 bits per heavy atom. The molecule has 0 saturated carbocycles. The Hall–Kier alpha value is -2.21. The number of carbonyl (C=O) groups excluding carboxylic acids is 1. The quantitative estimate of drug-likeness (QED) is 0.828. The molecule has 106 valence electrons. The molecule has 1 amide bonds. The standard InChI is InChI=1S/C14H18N4O2/c1-2-11(8-9-19)16-14(20)13-15-10-18(17-13)12-6-4-3-5-7-12/h3-7,10-11,19H,2,8-9H2,1H3,(H,16,20). The fourth-order valence-electron chi connectivity index (χ4n) is 1.86. The van der Waals surface area contributed by atoms with Crippen LogP contribution in [0.5, 0.6) is 0 Å². The molecule has 6 heteroatoms. The van der Waals surface area contributed by atoms with Gasteiger partial charge in [0, 0.05) is 12.6 Å². The third kappa shape index (κ3) is 3.42. The maximum absolute atomic E-state index is 12.0. The average molecular weight is 274 g/mol. The third-order valence-corrected chi connectivity index (χ3v) is 3.02. The summed E-state index contributed by atoms with van der Waals surface area (Å²) in [6.07, 6.45) is 2.80. The van der Waals surface area contributed by atoms with Crippen LogP contribution >= 0.6 is 0 Å². The Balaban J connectivity index is 2.07. The van der Waals surface area contributed by atoms with Gasteiger partial charge < -0.3 is 10.4 Å². The predicted molar refractivity (Wildman–Crippen MR) is 74.6 cm³/mol. The molecule has 1 heterocycles. The summed E-state index contributed by atoms with van der Waals surface area (Å²) in [6, 6.07) is 9.41. The van der Waals surface area contributed by atoms with Crippen LogP contribution in [0.3, 0.4) is 0 Å². The molecule has 2 rings (SSSR count). The second kappa shape index (κ2) is 6.81. The van der Waals surface area contributed by atoms with Crippen LogP contribution in [0.4, 0.5) is 0 Å². The normalized spacial score (nSPS) is 12.1. The Kier molecular flexibility index (Phi) is 4.84. The smallest absolute Gasteiger partial charge is 0.291 e. The van der Waals surface area contributed by atoms with Gasteiger partial charge in [0.2, 0.25) is 5.82 Å². The van der Waals surface area contributed by atoms with Gasteiger partial charge in [-0.1, -0.05) is 25.1 Å². The summed E-state index contributed by atoms with van der Waals surface area (Å²) >= 11 is 0. The Labute approximate surface area is 117 Å². The molecular weight excluding hydrogens is 256 g/mol. The molecule has 0 fully saturated rings. The number of hydrogen-bond acceptors (Lipinski definition) is 4. The summed E-state index contributed by atoms with van der Waals surface area (Å²) in [4.78, 5) is 16.0. The molecule has 2 aromatic rings. The highest BCUT2D eigenvalue weighted by Crippen LogP contribution is 2.05. The summed E-state index contributed by atoms with van der Waals surface area (Å²) in [7, 11) is 0. The van der Waals surface area contributed by atoms with Crippen molar-refractivity contribution in [1.29, 1.82) is 0 Å². The van der Waals surface area contributed by atoms with Gasteiger partial charge in [-0.15, -0.1) is 5.10 Å². The number of rotatable bonds is 6. The summed E-state index contributed by atoms with van der Waals surface area (Å²) in [6.45, 7) is 2.00. The molecule has 1 atom stereocenters. The number of aromatic nitrogens is 3. The van der Waals surface area contributed by atoms with Crippen molar-refractivity contribution in [2.75, 3.05) is 6.61 Å². The molecule has 20 heavy (non-hydrogen) atoms. The largest absolute Gasteiger partial charge is 0.396 e. The number of aliphatic hydroxyl groups is 1. The Morgan fingerprint density at radius 1 is 1.40 bits per heavy atom. The molecule has 1 unspecified atom stereocenters. The zero-order valence-corrected chi connectivity index (χ0v) is 11.4. The summed E-state index contributed by atoms with van der Waals surface area (Å²) in [5.41, 5.74) is 0.849. The van der Waals surface area contributed by atoms with Crippen LogP contribution < -0.4 is 5.32 Å². The van der Waals surface area contributed by atoms with Crippen molar-refractivity contribution in [3.05, 3.63) is 42.5 Å². The topological polar surface area (TPSA) is 80.0 Å². The lowest BCUT2D eigenvalue weighted by atomic mass is 10.1. The lowest BCUT2D eigenvalue weighted by molar-refractivity contribution is 0.0918. The second-order valence-corrected chi connectivity index (χ2v) is 4.44. The molecule has 0 aliphatic carbocycles. The first-order valence-corrected chi connectivity index (χ1v) is 6.63. The summed E-state index contributed by atoms with van der Waals surface area (Å²) < 4.78 is 1.56. The molecule has 1 aromatic carbocycles. The van der Waals surface area contributed by atoms with Gasteiger partial charge in [-0.2, -0.15) is 0 Å². The number of carbonyl (C=O) groups is 1. The van der Waals surface area contributed by atoms with E-state index in [1.165, 1.54) is 6.33 Å². The highest BCUT2D eigenvalue weighted by Gasteiger charge is 2.15. The summed E-state index contributed by atoms with van der Waals surface area (Å²) in [5, 5.41) is 15.9. The van der Waals surface area contributed by atoms with Gasteiger partial charge in [0.1, 0.15) is 6.33 Å². The predicted octanol–water partition coefficient (Wildman–Crippen LogP) is 1.16. The van der Waals surface area contributed by atoms with Crippen molar-refractivity contribution >= 4 is 5.91 Å². The second-order valence-electron chi connectivity index (χ2n) is 4.44. The first kappa shape index (κ1) is 14.2. The van der Waals surface area contributed by atoms with Crippen molar-refractivity contribution in [3.63, 3.8) is 0 Å². The highest BCUT2D eigenvalue weighted by molar-refractivity contribution is 5.90. The number of amides is 1. The zero-order valence-electron chi connectivity index (χ0n) is 11.4. The van der Waals surface area contributed by atoms with Gasteiger partial charge in [-0.25, -0.2) is 9.67 Å². The highest BCUT2D eigenvalue weighted by atomic mass is 16.3. The van der Waals surface area contributed by atoms with Crippen molar-refractivity contribution in [1.82, 2.24) is 20.1 Å². The van der Waals surface area contributed by atoms with Crippen molar-refractivity contribution in [2.45, 2.75) is 25.8 Å². The third-order valence-electron chi connectivity index (χ3n) is 3.02. The van der Waals surface area contributed by atoms with Crippen molar-refractivity contribution in [2.24, 2.45) is 0 Å². The van der Waals surface area contributed by atoms with E-state index in [4.69, 9.17) is 5.11 Å². The Bertz CT molecular complexity index is 553. The number of nitrogens with zero attached hydrogens (tertiary/aromatic N) is 3. The number of aliphatic hydroxyl groups excluding tert-OH is 1. The van der Waals surface area contributed by atoms with Crippen LogP contribution in [-0.2, 0) is 0 Å². The van der Waals surface area contributed by atoms with Crippen LogP contribution in [0.15, 0.2) is 36.7 Å². The number of benzene rings is 1. The monoisotopic (exact) mass is 274 g/mol. The molecule has 0 saturated heterocycles. The SMILES string of the molecule is CCC(CCO)NC(=O)c1ncn(-c2ccccc2)n1. The van der Waals surface area contributed by atoms with E-state index in [-0.39, 0.29) is 24.4 Å². The first-order valence-electron chi connectivity index (χ1n) is 6.63. The van der Waals surface area contributed by atoms with E-state index < -0.39 is 0 Å². The van der Waals surface area contributed by atoms with E-state index in [1.54, 1.807) is 4.68 Å². The zero-order chi connectivity index (χ0) is 14.4. The number of para-hydroxylation sites is 1. The first-order chi connectivity index (χ1) is 9.74. The number of hydrogen-bond donors (Lipinski definition) is 2. The van der Waals surface area contributed by atoms with E-state index in [0.717, 1.165) is 12.1 Å². The molecule has 1 aromatic heterocycles. The van der Waals surface area contributed by atoms with Crippen LogP contribution in [0.1, 0.15) is 30.4 Å². The van der Waals surface area contributed by atoms with E-state index in [2.05, 4.69) is 15.4 Å². The number of nitrogens with one attached hydrogen (secondary N) is 1. The minimum absolute atomic E-state index is 0.0463. The molecule has 0 spiro atoms. The maximum Gasteiger partial charge on any atom is 0.291 e. The maximum atomic E-state index is 12.0. The fraction of sp³-hybridized carbons (Fsp3) is 0.357. The molecule has 0 aliphatic rings. The van der Waals surface area contributed by atoms with Gasteiger partial charge >= 0.3 is 0 Å². The van der Waals surface area contributed by atoms with E-state index in [9.17, 15) is 4.79 Å². The van der Waals surface area contributed by atoms with Gasteiger partial charge in [-0.05, 0) is 25.0 Å². The molecule has 0 aliphatic heterocycles.